The SMILES string of the molecule is O=C(NCC(O)CN1CCc2ccccc2C1)c1cc(NC2CCOCC2)n[nH]1. The zero-order chi connectivity index (χ0) is 20.1. The number of hydrogen-bond donors (Lipinski definition) is 4. The van der Waals surface area contributed by atoms with Crippen LogP contribution in [0.3, 0.4) is 0 Å². The van der Waals surface area contributed by atoms with Gasteiger partial charge in [0.25, 0.3) is 5.91 Å². The van der Waals surface area contributed by atoms with E-state index in [1.807, 2.05) is 0 Å². The number of aliphatic hydroxyl groups is 1. The van der Waals surface area contributed by atoms with E-state index in [4.69, 9.17) is 4.74 Å². The average molecular weight is 399 g/mol. The molecule has 1 amide bonds. The van der Waals surface area contributed by atoms with Gasteiger partial charge in [-0.05, 0) is 30.4 Å². The number of aromatic amines is 1. The van der Waals surface area contributed by atoms with E-state index in [9.17, 15) is 9.90 Å². The second kappa shape index (κ2) is 9.39. The number of carbonyl (C=O) groups is 1. The predicted octanol–water partition coefficient (Wildman–Crippen LogP) is 1.15. The average Bonchev–Trinajstić information content (AvgIpc) is 3.21. The van der Waals surface area contributed by atoms with E-state index in [0.717, 1.165) is 45.6 Å². The molecule has 3 heterocycles. The van der Waals surface area contributed by atoms with Gasteiger partial charge in [0.1, 0.15) is 11.5 Å². The molecule has 8 heteroatoms. The van der Waals surface area contributed by atoms with Crippen LogP contribution in [-0.4, -0.2) is 71.1 Å². The van der Waals surface area contributed by atoms with Crippen molar-refractivity contribution in [3.63, 3.8) is 0 Å². The smallest absolute Gasteiger partial charge is 0.269 e. The van der Waals surface area contributed by atoms with Crippen LogP contribution in [0.2, 0.25) is 0 Å². The van der Waals surface area contributed by atoms with Crippen LogP contribution in [0.15, 0.2) is 30.3 Å². The molecule has 2 aliphatic heterocycles. The molecule has 0 aliphatic carbocycles. The van der Waals surface area contributed by atoms with Crippen LogP contribution in [-0.2, 0) is 17.7 Å². The number of carbonyl (C=O) groups excluding carboxylic acids is 1. The van der Waals surface area contributed by atoms with E-state index in [1.165, 1.54) is 11.1 Å². The molecule has 0 saturated carbocycles. The molecule has 1 saturated heterocycles. The van der Waals surface area contributed by atoms with Crippen molar-refractivity contribution in [2.24, 2.45) is 0 Å². The van der Waals surface area contributed by atoms with E-state index in [2.05, 4.69) is 50.0 Å². The number of aromatic nitrogens is 2. The second-order valence-electron chi connectivity index (χ2n) is 7.82. The fourth-order valence-electron chi connectivity index (χ4n) is 3.94. The summed E-state index contributed by atoms with van der Waals surface area (Å²) in [5.74, 6) is 0.398. The van der Waals surface area contributed by atoms with Gasteiger partial charge >= 0.3 is 0 Å². The lowest BCUT2D eigenvalue weighted by Gasteiger charge is -2.30. The van der Waals surface area contributed by atoms with Gasteiger partial charge in [-0.1, -0.05) is 24.3 Å². The van der Waals surface area contributed by atoms with Crippen molar-refractivity contribution in [1.29, 1.82) is 0 Å². The Kier molecular flexibility index (Phi) is 6.43. The standard InChI is InChI=1S/C21H29N5O3/c27-18(14-26-8-5-15-3-1-2-4-16(15)13-26)12-22-21(28)19-11-20(25-24-19)23-17-6-9-29-10-7-17/h1-4,11,17-18,27H,5-10,12-14H2,(H,22,28)(H2,23,24,25). The number of aliphatic hydroxyl groups excluding tert-OH is 1. The van der Waals surface area contributed by atoms with Gasteiger partial charge in [-0.3, -0.25) is 14.8 Å². The van der Waals surface area contributed by atoms with Crippen molar-refractivity contribution in [1.82, 2.24) is 20.4 Å². The molecule has 4 rings (SSSR count). The first-order valence-corrected chi connectivity index (χ1v) is 10.3. The number of amides is 1. The largest absolute Gasteiger partial charge is 0.390 e. The topological polar surface area (TPSA) is 103 Å². The third-order valence-corrected chi connectivity index (χ3v) is 5.57. The maximum atomic E-state index is 12.4. The first-order chi connectivity index (χ1) is 14.2. The molecule has 0 bridgehead atoms. The molecule has 0 spiro atoms. The highest BCUT2D eigenvalue weighted by molar-refractivity contribution is 5.93. The van der Waals surface area contributed by atoms with Gasteiger partial charge in [-0.15, -0.1) is 0 Å². The Hall–Kier alpha value is -2.42. The van der Waals surface area contributed by atoms with Crippen molar-refractivity contribution in [3.8, 4) is 0 Å². The summed E-state index contributed by atoms with van der Waals surface area (Å²) in [4.78, 5) is 14.6. The van der Waals surface area contributed by atoms with Gasteiger partial charge in [0.2, 0.25) is 0 Å². The second-order valence-corrected chi connectivity index (χ2v) is 7.82. The molecular formula is C21H29N5O3. The van der Waals surface area contributed by atoms with Crippen LogP contribution >= 0.6 is 0 Å². The van der Waals surface area contributed by atoms with E-state index in [-0.39, 0.29) is 12.5 Å². The summed E-state index contributed by atoms with van der Waals surface area (Å²) in [7, 11) is 0. The van der Waals surface area contributed by atoms with E-state index >= 15 is 0 Å². The minimum atomic E-state index is -0.619. The number of H-pyrrole nitrogens is 1. The number of anilines is 1. The van der Waals surface area contributed by atoms with Gasteiger partial charge in [0.15, 0.2) is 0 Å². The maximum Gasteiger partial charge on any atom is 0.269 e. The Morgan fingerprint density at radius 3 is 2.93 bits per heavy atom. The molecule has 2 aromatic rings. The third-order valence-electron chi connectivity index (χ3n) is 5.57. The normalized spacial score (nSPS) is 18.8. The molecular weight excluding hydrogens is 370 g/mol. The maximum absolute atomic E-state index is 12.4. The molecule has 1 unspecified atom stereocenters. The monoisotopic (exact) mass is 399 g/mol. The quantitative estimate of drug-likeness (QED) is 0.557. The number of ether oxygens (including phenoxy) is 1. The number of benzene rings is 1. The summed E-state index contributed by atoms with van der Waals surface area (Å²) in [6, 6.07) is 10.4. The zero-order valence-electron chi connectivity index (χ0n) is 16.6. The van der Waals surface area contributed by atoms with Crippen LogP contribution in [0.25, 0.3) is 0 Å². The van der Waals surface area contributed by atoms with Gasteiger partial charge < -0.3 is 20.5 Å². The van der Waals surface area contributed by atoms with Crippen molar-refractivity contribution in [2.45, 2.75) is 38.0 Å². The van der Waals surface area contributed by atoms with Gasteiger partial charge in [0.05, 0.1) is 6.10 Å². The minimum absolute atomic E-state index is 0.207. The highest BCUT2D eigenvalue weighted by Crippen LogP contribution is 2.18. The summed E-state index contributed by atoms with van der Waals surface area (Å²) in [6.07, 6.45) is 2.24. The lowest BCUT2D eigenvalue weighted by molar-refractivity contribution is 0.0838. The molecule has 4 N–H and O–H groups in total. The number of β-amino-alcohol motifs (C(OH)–C–C–N with tert-alkyl or cyclic N) is 1. The highest BCUT2D eigenvalue weighted by atomic mass is 16.5. The van der Waals surface area contributed by atoms with E-state index in [0.29, 0.717) is 24.1 Å². The Balaban J connectivity index is 1.21. The molecule has 1 atom stereocenters. The van der Waals surface area contributed by atoms with E-state index < -0.39 is 6.10 Å². The fourth-order valence-corrected chi connectivity index (χ4v) is 3.94. The van der Waals surface area contributed by atoms with Crippen LogP contribution in [0.1, 0.15) is 34.5 Å². The molecule has 0 radical (unpaired) electrons. The molecule has 1 fully saturated rings. The molecule has 29 heavy (non-hydrogen) atoms. The Bertz CT molecular complexity index is 818. The first kappa shape index (κ1) is 19.9. The van der Waals surface area contributed by atoms with Crippen LogP contribution in [0.4, 0.5) is 5.82 Å². The summed E-state index contributed by atoms with van der Waals surface area (Å²) >= 11 is 0. The molecule has 8 nitrogen and oxygen atoms in total. The molecule has 1 aromatic heterocycles. The van der Waals surface area contributed by atoms with Crippen molar-refractivity contribution < 1.29 is 14.6 Å². The molecule has 156 valence electrons. The number of nitrogens with one attached hydrogen (secondary N) is 3. The molecule has 2 aliphatic rings. The van der Waals surface area contributed by atoms with Crippen LogP contribution in [0, 0.1) is 0 Å². The summed E-state index contributed by atoms with van der Waals surface area (Å²) in [5, 5.41) is 23.4. The number of fused-ring (bicyclic) bond motifs is 1. The van der Waals surface area contributed by atoms with Crippen LogP contribution in [0.5, 0.6) is 0 Å². The third kappa shape index (κ3) is 5.35. The van der Waals surface area contributed by atoms with Gasteiger partial charge in [-0.2, -0.15) is 5.10 Å². The van der Waals surface area contributed by atoms with E-state index in [1.54, 1.807) is 6.07 Å². The van der Waals surface area contributed by atoms with Crippen molar-refractivity contribution >= 4 is 11.7 Å². The lowest BCUT2D eigenvalue weighted by Crippen LogP contribution is -2.42. The first-order valence-electron chi connectivity index (χ1n) is 10.3. The van der Waals surface area contributed by atoms with Crippen LogP contribution < -0.4 is 10.6 Å². The van der Waals surface area contributed by atoms with Crippen molar-refractivity contribution in [3.05, 3.63) is 47.2 Å². The Morgan fingerprint density at radius 1 is 1.31 bits per heavy atom. The Morgan fingerprint density at radius 2 is 2.10 bits per heavy atom. The minimum Gasteiger partial charge on any atom is -0.390 e. The number of hydrogen-bond acceptors (Lipinski definition) is 6. The number of rotatable bonds is 7. The van der Waals surface area contributed by atoms with Crippen molar-refractivity contribution in [2.75, 3.05) is 38.2 Å². The zero-order valence-corrected chi connectivity index (χ0v) is 16.6. The fraction of sp³-hybridized carbons (Fsp3) is 0.524. The van der Waals surface area contributed by atoms with Gasteiger partial charge in [0, 0.05) is 51.5 Å². The summed E-state index contributed by atoms with van der Waals surface area (Å²) < 4.78 is 5.35. The Labute approximate surface area is 170 Å². The summed E-state index contributed by atoms with van der Waals surface area (Å²) in [6.45, 7) is 3.99. The highest BCUT2D eigenvalue weighted by Gasteiger charge is 2.20. The summed E-state index contributed by atoms with van der Waals surface area (Å²) in [5.41, 5.74) is 3.09. The number of nitrogens with zero attached hydrogens (tertiary/aromatic N) is 2. The van der Waals surface area contributed by atoms with Gasteiger partial charge in [-0.25, -0.2) is 0 Å². The molecule has 1 aromatic carbocycles. The lowest BCUT2D eigenvalue weighted by atomic mass is 10.00. The predicted molar refractivity (Wildman–Crippen MR) is 110 cm³/mol.